The zero-order chi connectivity index (χ0) is 9.84. The number of aliphatic hydroxyl groups excluding tert-OH is 1. The summed E-state index contributed by atoms with van der Waals surface area (Å²) < 4.78 is 4.94. The van der Waals surface area contributed by atoms with Crippen LogP contribution in [0.15, 0.2) is 18.2 Å². The summed E-state index contributed by atoms with van der Waals surface area (Å²) >= 11 is 0. The highest BCUT2D eigenvalue weighted by Crippen LogP contribution is 2.28. The molecule has 0 aromatic heterocycles. The molecule has 0 fully saturated rings. The van der Waals surface area contributed by atoms with Gasteiger partial charge in [0, 0.05) is 7.11 Å². The summed E-state index contributed by atoms with van der Waals surface area (Å²) in [5.41, 5.74) is 0.625. The van der Waals surface area contributed by atoms with Crippen LogP contribution in [-0.4, -0.2) is 29.0 Å². The summed E-state index contributed by atoms with van der Waals surface area (Å²) in [5, 5.41) is 27.0. The summed E-state index contributed by atoms with van der Waals surface area (Å²) in [6.07, 6.45) is -0.466. The number of phenols is 2. The third kappa shape index (κ3) is 2.11. The van der Waals surface area contributed by atoms with Crippen LogP contribution in [0.25, 0.3) is 0 Å². The zero-order valence-corrected chi connectivity index (χ0v) is 7.27. The molecule has 1 atom stereocenters. The van der Waals surface area contributed by atoms with Crippen LogP contribution < -0.4 is 0 Å². The van der Waals surface area contributed by atoms with E-state index in [0.29, 0.717) is 5.56 Å². The molecule has 1 aromatic rings. The molecule has 0 amide bonds. The molecule has 1 aromatic carbocycles. The van der Waals surface area contributed by atoms with Crippen LogP contribution in [0.4, 0.5) is 0 Å². The van der Waals surface area contributed by atoms with E-state index in [1.807, 2.05) is 0 Å². The van der Waals surface area contributed by atoms with Crippen molar-refractivity contribution in [1.29, 1.82) is 0 Å². The fraction of sp³-hybridized carbons (Fsp3) is 0.333. The van der Waals surface area contributed by atoms with E-state index >= 15 is 0 Å². The molecule has 0 aliphatic carbocycles. The second-order valence-electron chi connectivity index (χ2n) is 2.66. The SMILES string of the molecule is COC(CO)c1ccc(O)c(O)c1. The van der Waals surface area contributed by atoms with Crippen molar-refractivity contribution in [3.05, 3.63) is 23.8 Å². The van der Waals surface area contributed by atoms with Crippen molar-refractivity contribution in [3.63, 3.8) is 0 Å². The van der Waals surface area contributed by atoms with Crippen molar-refractivity contribution >= 4 is 0 Å². The molecular formula is C9H12O4. The van der Waals surface area contributed by atoms with E-state index in [4.69, 9.17) is 20.1 Å². The van der Waals surface area contributed by atoms with Gasteiger partial charge in [-0.25, -0.2) is 0 Å². The standard InChI is InChI=1S/C9H12O4/c1-13-9(5-10)6-2-3-7(11)8(12)4-6/h2-4,9-12H,5H2,1H3. The first-order valence-electron chi connectivity index (χ1n) is 3.84. The molecule has 4 heteroatoms. The van der Waals surface area contributed by atoms with E-state index in [1.165, 1.54) is 19.2 Å². The number of aromatic hydroxyl groups is 2. The fourth-order valence-electron chi connectivity index (χ4n) is 1.06. The molecule has 72 valence electrons. The van der Waals surface area contributed by atoms with Gasteiger partial charge < -0.3 is 20.1 Å². The number of benzene rings is 1. The Morgan fingerprint density at radius 3 is 2.46 bits per heavy atom. The average molecular weight is 184 g/mol. The van der Waals surface area contributed by atoms with Crippen LogP contribution in [-0.2, 0) is 4.74 Å². The van der Waals surface area contributed by atoms with Gasteiger partial charge in [-0.2, -0.15) is 0 Å². The topological polar surface area (TPSA) is 69.9 Å². The Hall–Kier alpha value is -1.26. The molecule has 4 nitrogen and oxygen atoms in total. The summed E-state index contributed by atoms with van der Waals surface area (Å²) in [5.74, 6) is -0.399. The van der Waals surface area contributed by atoms with Crippen LogP contribution in [0.3, 0.4) is 0 Å². The van der Waals surface area contributed by atoms with E-state index < -0.39 is 6.10 Å². The van der Waals surface area contributed by atoms with E-state index in [0.717, 1.165) is 0 Å². The number of phenolic OH excluding ortho intramolecular Hbond substituents is 2. The van der Waals surface area contributed by atoms with E-state index in [1.54, 1.807) is 6.07 Å². The highest BCUT2D eigenvalue weighted by Gasteiger charge is 2.10. The number of ether oxygens (including phenoxy) is 1. The molecule has 3 N–H and O–H groups in total. The molecule has 0 bridgehead atoms. The quantitative estimate of drug-likeness (QED) is 0.607. The summed E-state index contributed by atoms with van der Waals surface area (Å²) in [6, 6.07) is 4.30. The Kier molecular flexibility index (Phi) is 3.11. The molecule has 0 saturated carbocycles. The Labute approximate surface area is 76.0 Å². The van der Waals surface area contributed by atoms with Crippen LogP contribution in [0, 0.1) is 0 Å². The molecule has 0 aliphatic rings. The molecular weight excluding hydrogens is 172 g/mol. The molecule has 0 spiro atoms. The van der Waals surface area contributed by atoms with Gasteiger partial charge in [0.2, 0.25) is 0 Å². The van der Waals surface area contributed by atoms with Crippen LogP contribution in [0.1, 0.15) is 11.7 Å². The molecule has 1 rings (SSSR count). The molecule has 0 heterocycles. The normalized spacial score (nSPS) is 12.8. The minimum Gasteiger partial charge on any atom is -0.504 e. The molecule has 0 radical (unpaired) electrons. The Balaban J connectivity index is 2.95. The third-order valence-corrected chi connectivity index (χ3v) is 1.82. The minimum absolute atomic E-state index is 0.166. The number of methoxy groups -OCH3 is 1. The van der Waals surface area contributed by atoms with Gasteiger partial charge in [0.05, 0.1) is 6.61 Å². The Bertz CT molecular complexity index is 281. The van der Waals surface area contributed by atoms with Gasteiger partial charge in [-0.3, -0.25) is 0 Å². The molecule has 0 aliphatic heterocycles. The highest BCUT2D eigenvalue weighted by atomic mass is 16.5. The summed E-state index contributed by atoms with van der Waals surface area (Å²) in [6.45, 7) is -0.166. The molecule has 13 heavy (non-hydrogen) atoms. The van der Waals surface area contributed by atoms with Gasteiger partial charge in [0.25, 0.3) is 0 Å². The highest BCUT2D eigenvalue weighted by molar-refractivity contribution is 5.41. The van der Waals surface area contributed by atoms with Crippen molar-refractivity contribution in [2.45, 2.75) is 6.10 Å². The Morgan fingerprint density at radius 1 is 1.31 bits per heavy atom. The lowest BCUT2D eigenvalue weighted by molar-refractivity contribution is 0.0482. The van der Waals surface area contributed by atoms with Gasteiger partial charge in [-0.15, -0.1) is 0 Å². The lowest BCUT2D eigenvalue weighted by Gasteiger charge is -2.12. The summed E-state index contributed by atoms with van der Waals surface area (Å²) in [7, 11) is 1.46. The number of hydrogen-bond donors (Lipinski definition) is 3. The van der Waals surface area contributed by atoms with Gasteiger partial charge in [-0.05, 0) is 17.7 Å². The van der Waals surface area contributed by atoms with Gasteiger partial charge >= 0.3 is 0 Å². The number of aliphatic hydroxyl groups is 1. The first-order chi connectivity index (χ1) is 6.19. The van der Waals surface area contributed by atoms with Crippen molar-refractivity contribution < 1.29 is 20.1 Å². The molecule has 1 unspecified atom stereocenters. The van der Waals surface area contributed by atoms with Crippen molar-refractivity contribution in [1.82, 2.24) is 0 Å². The Morgan fingerprint density at radius 2 is 2.00 bits per heavy atom. The fourth-order valence-corrected chi connectivity index (χ4v) is 1.06. The predicted octanol–water partition coefficient (Wildman–Crippen LogP) is 0.778. The van der Waals surface area contributed by atoms with E-state index in [-0.39, 0.29) is 18.1 Å². The molecule has 0 saturated heterocycles. The first kappa shape index (κ1) is 9.83. The van der Waals surface area contributed by atoms with Gasteiger partial charge in [0.15, 0.2) is 11.5 Å². The second-order valence-corrected chi connectivity index (χ2v) is 2.66. The smallest absolute Gasteiger partial charge is 0.157 e. The monoisotopic (exact) mass is 184 g/mol. The average Bonchev–Trinajstić information content (AvgIpc) is 2.13. The maximum atomic E-state index is 9.15. The van der Waals surface area contributed by atoms with Gasteiger partial charge in [0.1, 0.15) is 6.10 Å². The van der Waals surface area contributed by atoms with Crippen LogP contribution in [0.5, 0.6) is 11.5 Å². The van der Waals surface area contributed by atoms with Gasteiger partial charge in [-0.1, -0.05) is 6.07 Å². The van der Waals surface area contributed by atoms with Crippen LogP contribution in [0.2, 0.25) is 0 Å². The third-order valence-electron chi connectivity index (χ3n) is 1.82. The number of rotatable bonds is 3. The van der Waals surface area contributed by atoms with Crippen molar-refractivity contribution in [3.8, 4) is 11.5 Å². The minimum atomic E-state index is -0.466. The lowest BCUT2D eigenvalue weighted by Crippen LogP contribution is -2.05. The van der Waals surface area contributed by atoms with Crippen molar-refractivity contribution in [2.24, 2.45) is 0 Å². The van der Waals surface area contributed by atoms with E-state index in [9.17, 15) is 0 Å². The largest absolute Gasteiger partial charge is 0.504 e. The van der Waals surface area contributed by atoms with E-state index in [2.05, 4.69) is 0 Å². The second kappa shape index (κ2) is 4.11. The maximum Gasteiger partial charge on any atom is 0.157 e. The lowest BCUT2D eigenvalue weighted by atomic mass is 10.1. The van der Waals surface area contributed by atoms with Crippen molar-refractivity contribution in [2.75, 3.05) is 13.7 Å². The zero-order valence-electron chi connectivity index (χ0n) is 7.27. The predicted molar refractivity (Wildman–Crippen MR) is 46.6 cm³/mol. The van der Waals surface area contributed by atoms with Crippen LogP contribution >= 0.6 is 0 Å². The maximum absolute atomic E-state index is 9.15. The first-order valence-corrected chi connectivity index (χ1v) is 3.84. The summed E-state index contributed by atoms with van der Waals surface area (Å²) in [4.78, 5) is 0. The number of hydrogen-bond acceptors (Lipinski definition) is 4.